The first-order valence-corrected chi connectivity index (χ1v) is 5.58. The molecule has 94 valence electrons. The average molecular weight is 255 g/mol. The second-order valence-electron chi connectivity index (χ2n) is 3.90. The molecule has 5 nitrogen and oxygen atoms in total. The molecule has 5 heteroatoms. The largest absolute Gasteiger partial charge is 0.508 e. The fraction of sp³-hybridized carbons (Fsp3) is 0. The number of aliphatic imine (C=N–C) groups is 1. The Balaban J connectivity index is 1.92. The van der Waals surface area contributed by atoms with Crippen LogP contribution in [0, 0.1) is 0 Å². The van der Waals surface area contributed by atoms with E-state index in [1.165, 1.54) is 18.4 Å². The van der Waals surface area contributed by atoms with Crippen LogP contribution in [0.15, 0.2) is 57.8 Å². The first-order valence-electron chi connectivity index (χ1n) is 5.58. The summed E-state index contributed by atoms with van der Waals surface area (Å²) >= 11 is 0. The van der Waals surface area contributed by atoms with E-state index < -0.39 is 5.97 Å². The lowest BCUT2D eigenvalue weighted by atomic mass is 10.2. The maximum absolute atomic E-state index is 11.7. The Morgan fingerprint density at radius 3 is 2.63 bits per heavy atom. The van der Waals surface area contributed by atoms with Crippen LogP contribution in [-0.2, 0) is 9.53 Å². The number of hydrogen-bond donors (Lipinski definition) is 1. The Hall–Kier alpha value is -2.82. The van der Waals surface area contributed by atoms with E-state index in [0.29, 0.717) is 5.76 Å². The summed E-state index contributed by atoms with van der Waals surface area (Å²) in [6.07, 6.45) is 3.06. The molecule has 1 N–H and O–H groups in total. The number of esters is 1. The number of benzene rings is 1. The molecular weight excluding hydrogens is 246 g/mol. The molecular formula is C14H9NO4. The average Bonchev–Trinajstić information content (AvgIpc) is 3.03. The summed E-state index contributed by atoms with van der Waals surface area (Å²) in [5, 5.41) is 9.18. The first kappa shape index (κ1) is 11.3. The van der Waals surface area contributed by atoms with Crippen LogP contribution in [0.5, 0.6) is 5.75 Å². The van der Waals surface area contributed by atoms with E-state index in [0.717, 1.165) is 5.56 Å². The Kier molecular flexibility index (Phi) is 2.64. The van der Waals surface area contributed by atoms with Gasteiger partial charge in [0.1, 0.15) is 5.75 Å². The summed E-state index contributed by atoms with van der Waals surface area (Å²) < 4.78 is 10.1. The molecule has 0 spiro atoms. The highest BCUT2D eigenvalue weighted by atomic mass is 16.6. The van der Waals surface area contributed by atoms with Crippen molar-refractivity contribution in [1.29, 1.82) is 0 Å². The lowest BCUT2D eigenvalue weighted by molar-refractivity contribution is -0.130. The fourth-order valence-corrected chi connectivity index (χ4v) is 1.64. The molecule has 1 aliphatic heterocycles. The number of cyclic esters (lactones) is 1. The van der Waals surface area contributed by atoms with Crippen molar-refractivity contribution in [2.75, 3.05) is 0 Å². The zero-order valence-corrected chi connectivity index (χ0v) is 9.74. The van der Waals surface area contributed by atoms with Gasteiger partial charge in [0.15, 0.2) is 11.5 Å². The van der Waals surface area contributed by atoms with Gasteiger partial charge in [0.25, 0.3) is 5.90 Å². The van der Waals surface area contributed by atoms with E-state index in [1.807, 2.05) is 0 Å². The van der Waals surface area contributed by atoms with Gasteiger partial charge in [0.2, 0.25) is 0 Å². The van der Waals surface area contributed by atoms with Crippen LogP contribution >= 0.6 is 0 Å². The lowest BCUT2D eigenvalue weighted by Crippen LogP contribution is -2.04. The number of hydrogen-bond acceptors (Lipinski definition) is 5. The molecule has 0 fully saturated rings. The van der Waals surface area contributed by atoms with Gasteiger partial charge >= 0.3 is 5.97 Å². The number of rotatable bonds is 2. The van der Waals surface area contributed by atoms with Crippen molar-refractivity contribution in [1.82, 2.24) is 0 Å². The number of aromatic hydroxyl groups is 1. The number of furan rings is 1. The number of carbonyl (C=O) groups excluding carboxylic acids is 1. The number of nitrogens with zero attached hydrogens (tertiary/aromatic N) is 1. The molecule has 3 rings (SSSR count). The van der Waals surface area contributed by atoms with Gasteiger partial charge in [-0.05, 0) is 35.9 Å². The molecule has 0 saturated carbocycles. The van der Waals surface area contributed by atoms with Gasteiger partial charge < -0.3 is 14.3 Å². The Morgan fingerprint density at radius 1 is 1.16 bits per heavy atom. The fourth-order valence-electron chi connectivity index (χ4n) is 1.64. The topological polar surface area (TPSA) is 72.0 Å². The molecule has 0 atom stereocenters. The van der Waals surface area contributed by atoms with Gasteiger partial charge in [0.05, 0.1) is 6.26 Å². The van der Waals surface area contributed by atoms with E-state index in [-0.39, 0.29) is 17.3 Å². The second kappa shape index (κ2) is 4.45. The van der Waals surface area contributed by atoms with E-state index in [9.17, 15) is 9.90 Å². The quantitative estimate of drug-likeness (QED) is 0.660. The van der Waals surface area contributed by atoms with Gasteiger partial charge in [-0.2, -0.15) is 0 Å². The summed E-state index contributed by atoms with van der Waals surface area (Å²) in [5.74, 6) is 0.192. The van der Waals surface area contributed by atoms with E-state index in [2.05, 4.69) is 4.99 Å². The zero-order valence-electron chi connectivity index (χ0n) is 9.74. The molecule has 0 aliphatic carbocycles. The van der Waals surface area contributed by atoms with Gasteiger partial charge in [-0.15, -0.1) is 0 Å². The standard InChI is InChI=1S/C14H9NO4/c16-10-5-3-9(4-6-10)8-11-14(17)19-13(15-11)12-2-1-7-18-12/h1-8,16H/b11-8+. The molecule has 2 heterocycles. The maximum Gasteiger partial charge on any atom is 0.363 e. The maximum atomic E-state index is 11.7. The lowest BCUT2D eigenvalue weighted by Gasteiger charge is -1.94. The zero-order chi connectivity index (χ0) is 13.2. The SMILES string of the molecule is O=C1OC(c2ccco2)=N/C1=C/c1ccc(O)cc1. The highest BCUT2D eigenvalue weighted by Crippen LogP contribution is 2.20. The van der Waals surface area contributed by atoms with Crippen molar-refractivity contribution in [3.8, 4) is 5.75 Å². The van der Waals surface area contributed by atoms with Crippen LogP contribution in [0.1, 0.15) is 11.3 Å². The summed E-state index contributed by atoms with van der Waals surface area (Å²) in [6, 6.07) is 9.77. The third-order valence-corrected chi connectivity index (χ3v) is 2.55. The predicted molar refractivity (Wildman–Crippen MR) is 67.4 cm³/mol. The minimum atomic E-state index is -0.528. The summed E-state index contributed by atoms with van der Waals surface area (Å²) in [5.41, 5.74) is 0.936. The van der Waals surface area contributed by atoms with E-state index >= 15 is 0 Å². The molecule has 0 unspecified atom stereocenters. The predicted octanol–water partition coefficient (Wildman–Crippen LogP) is 2.33. The van der Waals surface area contributed by atoms with Crippen LogP contribution in [0.25, 0.3) is 6.08 Å². The highest BCUT2D eigenvalue weighted by molar-refractivity contribution is 6.11. The van der Waals surface area contributed by atoms with Crippen LogP contribution < -0.4 is 0 Å². The van der Waals surface area contributed by atoms with Crippen LogP contribution in [0.4, 0.5) is 0 Å². The molecule has 1 aromatic heterocycles. The van der Waals surface area contributed by atoms with Gasteiger partial charge in [-0.3, -0.25) is 0 Å². The third kappa shape index (κ3) is 2.26. The molecule has 0 amide bonds. The Morgan fingerprint density at radius 2 is 1.95 bits per heavy atom. The van der Waals surface area contributed by atoms with Crippen LogP contribution in [0.2, 0.25) is 0 Å². The number of carbonyl (C=O) groups is 1. The van der Waals surface area contributed by atoms with Crippen molar-refractivity contribution in [2.45, 2.75) is 0 Å². The molecule has 19 heavy (non-hydrogen) atoms. The molecule has 1 aliphatic rings. The van der Waals surface area contributed by atoms with Gasteiger partial charge in [-0.25, -0.2) is 9.79 Å². The summed E-state index contributed by atoms with van der Waals surface area (Å²) in [6.45, 7) is 0. The van der Waals surface area contributed by atoms with Crippen molar-refractivity contribution in [3.05, 3.63) is 59.7 Å². The highest BCUT2D eigenvalue weighted by Gasteiger charge is 2.25. The van der Waals surface area contributed by atoms with Gasteiger partial charge in [0, 0.05) is 0 Å². The molecule has 0 saturated heterocycles. The van der Waals surface area contributed by atoms with Crippen molar-refractivity contribution < 1.29 is 19.1 Å². The number of phenolic OH excluding ortho intramolecular Hbond substituents is 1. The van der Waals surface area contributed by atoms with E-state index in [1.54, 1.807) is 30.3 Å². The van der Waals surface area contributed by atoms with Gasteiger partial charge in [-0.1, -0.05) is 12.1 Å². The van der Waals surface area contributed by atoms with Crippen molar-refractivity contribution in [2.24, 2.45) is 4.99 Å². The smallest absolute Gasteiger partial charge is 0.363 e. The van der Waals surface area contributed by atoms with Crippen LogP contribution in [0.3, 0.4) is 0 Å². The normalized spacial score (nSPS) is 16.5. The Bertz CT molecular complexity index is 666. The van der Waals surface area contributed by atoms with Crippen molar-refractivity contribution in [3.63, 3.8) is 0 Å². The number of ether oxygens (including phenoxy) is 1. The Labute approximate surface area is 108 Å². The van der Waals surface area contributed by atoms with Crippen molar-refractivity contribution >= 4 is 17.9 Å². The molecule has 1 aromatic carbocycles. The van der Waals surface area contributed by atoms with Crippen LogP contribution in [-0.4, -0.2) is 17.0 Å². The minimum absolute atomic E-state index is 0.153. The third-order valence-electron chi connectivity index (χ3n) is 2.55. The van der Waals surface area contributed by atoms with E-state index in [4.69, 9.17) is 9.15 Å². The minimum Gasteiger partial charge on any atom is -0.508 e. The summed E-state index contributed by atoms with van der Waals surface area (Å²) in [7, 11) is 0. The monoisotopic (exact) mass is 255 g/mol. The second-order valence-corrected chi connectivity index (χ2v) is 3.90. The summed E-state index contributed by atoms with van der Waals surface area (Å²) in [4.78, 5) is 15.7. The molecule has 2 aromatic rings. The molecule has 0 radical (unpaired) electrons. The first-order chi connectivity index (χ1) is 9.22. The molecule has 0 bridgehead atoms. The number of phenols is 1.